The van der Waals surface area contributed by atoms with Crippen LogP contribution in [0.4, 0.5) is 5.69 Å². The van der Waals surface area contributed by atoms with E-state index in [0.29, 0.717) is 5.56 Å². The zero-order chi connectivity index (χ0) is 17.1. The van der Waals surface area contributed by atoms with E-state index < -0.39 is 28.4 Å². The molecule has 1 aromatic rings. The lowest BCUT2D eigenvalue weighted by Gasteiger charge is -2.26. The number of benzene rings is 1. The van der Waals surface area contributed by atoms with Crippen molar-refractivity contribution >= 4 is 17.4 Å². The van der Waals surface area contributed by atoms with E-state index in [0.717, 1.165) is 0 Å². The number of amides is 1. The summed E-state index contributed by atoms with van der Waals surface area (Å²) in [6.45, 7) is 1.25. The van der Waals surface area contributed by atoms with Crippen LogP contribution in [0.5, 0.6) is 0 Å². The number of nitro benzene ring substituents is 1. The maximum Gasteiger partial charge on any atom is 0.290 e. The van der Waals surface area contributed by atoms with Crippen LogP contribution < -0.4 is 0 Å². The fourth-order valence-corrected chi connectivity index (χ4v) is 2.61. The number of rotatable bonds is 6. The van der Waals surface area contributed by atoms with Gasteiger partial charge in [-0.05, 0) is 31.0 Å². The molecule has 1 aliphatic rings. The van der Waals surface area contributed by atoms with Gasteiger partial charge in [-0.15, -0.1) is 0 Å². The molecule has 0 bridgehead atoms. The van der Waals surface area contributed by atoms with Crippen molar-refractivity contribution in [2.45, 2.75) is 19.4 Å². The highest BCUT2D eigenvalue weighted by atomic mass is 16.6. The van der Waals surface area contributed by atoms with E-state index in [1.165, 1.54) is 36.1 Å². The summed E-state index contributed by atoms with van der Waals surface area (Å²) >= 11 is 0. The molecule has 1 heterocycles. The third kappa shape index (κ3) is 3.07. The molecule has 0 aliphatic carbocycles. The van der Waals surface area contributed by atoms with Crippen molar-refractivity contribution in [3.05, 3.63) is 51.3 Å². The van der Waals surface area contributed by atoms with Crippen molar-refractivity contribution < 1.29 is 24.7 Å². The zero-order valence-electron chi connectivity index (χ0n) is 12.4. The number of aliphatic hydroxyl groups is 2. The Labute approximate surface area is 131 Å². The van der Waals surface area contributed by atoms with Crippen LogP contribution in [0.1, 0.15) is 24.9 Å². The summed E-state index contributed by atoms with van der Waals surface area (Å²) in [6, 6.07) is 4.63. The van der Waals surface area contributed by atoms with Crippen LogP contribution in [0.3, 0.4) is 0 Å². The van der Waals surface area contributed by atoms with E-state index in [9.17, 15) is 24.8 Å². The lowest BCUT2D eigenvalue weighted by Crippen LogP contribution is -2.32. The minimum Gasteiger partial charge on any atom is -0.503 e. The maximum atomic E-state index is 12.2. The minimum atomic E-state index is -0.813. The number of carbonyl (C=O) groups excluding carboxylic acids is 2. The Kier molecular flexibility index (Phi) is 4.75. The Hall–Kier alpha value is -2.74. The Morgan fingerprint density at radius 2 is 1.96 bits per heavy atom. The summed E-state index contributed by atoms with van der Waals surface area (Å²) in [4.78, 5) is 35.4. The molecule has 1 atom stereocenters. The van der Waals surface area contributed by atoms with Crippen LogP contribution >= 0.6 is 0 Å². The highest BCUT2D eigenvalue weighted by Gasteiger charge is 2.42. The topological polar surface area (TPSA) is 121 Å². The molecule has 2 rings (SSSR count). The predicted octanol–water partition coefficient (Wildman–Crippen LogP) is 1.26. The predicted molar refractivity (Wildman–Crippen MR) is 79.6 cm³/mol. The maximum absolute atomic E-state index is 12.2. The zero-order valence-corrected chi connectivity index (χ0v) is 12.4. The van der Waals surface area contributed by atoms with Gasteiger partial charge in [-0.2, -0.15) is 0 Å². The lowest BCUT2D eigenvalue weighted by molar-refractivity contribution is -0.384. The van der Waals surface area contributed by atoms with E-state index in [1.54, 1.807) is 0 Å². The average Bonchev–Trinajstić information content (AvgIpc) is 2.77. The highest BCUT2D eigenvalue weighted by Crippen LogP contribution is 2.38. The number of Topliss-reactive ketones (excluding diaryl/α,β-unsaturated/α-hetero) is 1. The first-order chi connectivity index (χ1) is 10.9. The van der Waals surface area contributed by atoms with Crippen LogP contribution in [0, 0.1) is 10.1 Å². The molecular weight excluding hydrogens is 304 g/mol. The number of ketones is 1. The molecule has 0 saturated carbocycles. The van der Waals surface area contributed by atoms with Crippen molar-refractivity contribution in [2.75, 3.05) is 13.2 Å². The van der Waals surface area contributed by atoms with Crippen molar-refractivity contribution in [3.63, 3.8) is 0 Å². The molecule has 0 aromatic heterocycles. The fourth-order valence-electron chi connectivity index (χ4n) is 2.61. The normalized spacial score (nSPS) is 17.7. The molecule has 1 amide bonds. The first-order valence-electron chi connectivity index (χ1n) is 6.98. The molecule has 1 aliphatic heterocycles. The van der Waals surface area contributed by atoms with E-state index in [1.807, 2.05) is 0 Å². The molecule has 0 radical (unpaired) electrons. The Balaban J connectivity index is 2.45. The molecule has 8 heteroatoms. The number of hydrogen-bond donors (Lipinski definition) is 2. The van der Waals surface area contributed by atoms with Gasteiger partial charge < -0.3 is 15.1 Å². The molecule has 0 saturated heterocycles. The number of nitrogens with zero attached hydrogens (tertiary/aromatic N) is 2. The first-order valence-corrected chi connectivity index (χ1v) is 6.98. The Bertz CT molecular complexity index is 680. The molecule has 2 N–H and O–H groups in total. The third-order valence-electron chi connectivity index (χ3n) is 3.66. The van der Waals surface area contributed by atoms with Crippen LogP contribution in [-0.4, -0.2) is 44.9 Å². The van der Waals surface area contributed by atoms with Gasteiger partial charge in [0.15, 0.2) is 11.5 Å². The summed E-state index contributed by atoms with van der Waals surface area (Å²) in [5, 5.41) is 29.6. The first kappa shape index (κ1) is 16.6. The van der Waals surface area contributed by atoms with Crippen LogP contribution in [-0.2, 0) is 9.59 Å². The van der Waals surface area contributed by atoms with Crippen molar-refractivity contribution in [3.8, 4) is 0 Å². The highest BCUT2D eigenvalue weighted by molar-refractivity contribution is 6.08. The summed E-state index contributed by atoms with van der Waals surface area (Å²) in [7, 11) is 0. The molecule has 0 unspecified atom stereocenters. The molecule has 23 heavy (non-hydrogen) atoms. The van der Waals surface area contributed by atoms with E-state index in [-0.39, 0.29) is 30.8 Å². The standard InChI is InChI=1S/C15H16N2O6/c1-9(19)12-13(10-3-5-11(6-4-10)17(22)23)16(7-2-8-18)15(21)14(12)20/h3-6,13,18,20H,2,7-8H2,1H3/t13-/m1/s1. The van der Waals surface area contributed by atoms with Crippen LogP contribution in [0.25, 0.3) is 0 Å². The van der Waals surface area contributed by atoms with Crippen molar-refractivity contribution in [2.24, 2.45) is 0 Å². The lowest BCUT2D eigenvalue weighted by atomic mass is 9.96. The summed E-state index contributed by atoms with van der Waals surface area (Å²) in [5.74, 6) is -1.75. The SMILES string of the molecule is CC(=O)C1=C(O)C(=O)N(CCCO)[C@@H]1c1ccc([N+](=O)[O-])cc1. The second-order valence-corrected chi connectivity index (χ2v) is 5.15. The molecule has 1 aromatic carbocycles. The van der Waals surface area contributed by atoms with Gasteiger partial charge in [-0.1, -0.05) is 0 Å². The summed E-state index contributed by atoms with van der Waals surface area (Å²) in [5.41, 5.74) is 0.329. The number of aliphatic hydroxyl groups excluding tert-OH is 2. The quantitative estimate of drug-likeness (QED) is 0.601. The Morgan fingerprint density at radius 3 is 2.43 bits per heavy atom. The Morgan fingerprint density at radius 1 is 1.35 bits per heavy atom. The summed E-state index contributed by atoms with van der Waals surface area (Å²) < 4.78 is 0. The second kappa shape index (κ2) is 6.57. The van der Waals surface area contributed by atoms with Gasteiger partial charge in [0.1, 0.15) is 0 Å². The fraction of sp³-hybridized carbons (Fsp3) is 0.333. The van der Waals surface area contributed by atoms with Gasteiger partial charge in [0.2, 0.25) is 0 Å². The molecule has 0 fully saturated rings. The molecule has 8 nitrogen and oxygen atoms in total. The van der Waals surface area contributed by atoms with E-state index >= 15 is 0 Å². The van der Waals surface area contributed by atoms with E-state index in [2.05, 4.69) is 0 Å². The average molecular weight is 320 g/mol. The molecule has 122 valence electrons. The van der Waals surface area contributed by atoms with E-state index in [4.69, 9.17) is 5.11 Å². The number of non-ortho nitro benzene ring substituents is 1. The van der Waals surface area contributed by atoms with Crippen LogP contribution in [0.2, 0.25) is 0 Å². The van der Waals surface area contributed by atoms with Crippen LogP contribution in [0.15, 0.2) is 35.6 Å². The smallest absolute Gasteiger partial charge is 0.290 e. The van der Waals surface area contributed by atoms with Gasteiger partial charge in [0.25, 0.3) is 11.6 Å². The minimum absolute atomic E-state index is 0.0400. The monoisotopic (exact) mass is 320 g/mol. The van der Waals surface area contributed by atoms with Gasteiger partial charge in [0.05, 0.1) is 16.5 Å². The molecule has 0 spiro atoms. The second-order valence-electron chi connectivity index (χ2n) is 5.15. The summed E-state index contributed by atoms with van der Waals surface area (Å²) in [6.07, 6.45) is 0.285. The third-order valence-corrected chi connectivity index (χ3v) is 3.66. The van der Waals surface area contributed by atoms with Gasteiger partial charge in [0, 0.05) is 25.3 Å². The number of nitro groups is 1. The van der Waals surface area contributed by atoms with Crippen molar-refractivity contribution in [1.29, 1.82) is 0 Å². The number of hydrogen-bond acceptors (Lipinski definition) is 6. The van der Waals surface area contributed by atoms with Gasteiger partial charge in [-0.25, -0.2) is 0 Å². The van der Waals surface area contributed by atoms with Gasteiger partial charge >= 0.3 is 0 Å². The van der Waals surface area contributed by atoms with Gasteiger partial charge in [-0.3, -0.25) is 19.7 Å². The van der Waals surface area contributed by atoms with Crippen molar-refractivity contribution in [1.82, 2.24) is 4.90 Å². The molecular formula is C15H16N2O6. The number of carbonyl (C=O) groups is 2. The largest absolute Gasteiger partial charge is 0.503 e.